The fourth-order valence-corrected chi connectivity index (χ4v) is 2.67. The van der Waals surface area contributed by atoms with Gasteiger partial charge in [0, 0.05) is 7.11 Å². The number of nitrogens with two attached hydrogens (primary N) is 1. The highest BCUT2D eigenvalue weighted by Crippen LogP contribution is 2.37. The van der Waals surface area contributed by atoms with Crippen LogP contribution in [0.5, 0.6) is 0 Å². The maximum absolute atomic E-state index is 6.08. The number of fused-ring (bicyclic) bond motifs is 3. The number of benzene rings is 2. The van der Waals surface area contributed by atoms with Crippen molar-refractivity contribution < 1.29 is 4.74 Å². The first-order valence-electron chi connectivity index (χ1n) is 6.25. The summed E-state index contributed by atoms with van der Waals surface area (Å²) in [6, 6.07) is 15.1. The van der Waals surface area contributed by atoms with Crippen molar-refractivity contribution in [1.29, 1.82) is 0 Å². The molecule has 0 saturated carbocycles. The average Bonchev–Trinajstić information content (AvgIpc) is 2.76. The molecule has 1 atom stereocenters. The van der Waals surface area contributed by atoms with Crippen LogP contribution in [0.1, 0.15) is 22.7 Å². The zero-order valence-corrected chi connectivity index (χ0v) is 10.5. The Kier molecular flexibility index (Phi) is 2.90. The van der Waals surface area contributed by atoms with Crippen LogP contribution in [0.2, 0.25) is 0 Å². The molecule has 2 heteroatoms. The minimum absolute atomic E-state index is 0.0380. The standard InChI is InChI=1S/C16H17NO/c1-18-10-16(17)12-6-7-15-13(9-12)8-11-4-2-3-5-14(11)15/h2-7,9,16H,8,10,17H2,1H3. The second-order valence-electron chi connectivity index (χ2n) is 4.81. The van der Waals surface area contributed by atoms with E-state index in [1.807, 2.05) is 0 Å². The van der Waals surface area contributed by atoms with Gasteiger partial charge in [-0.25, -0.2) is 0 Å². The summed E-state index contributed by atoms with van der Waals surface area (Å²) < 4.78 is 5.11. The third kappa shape index (κ3) is 1.84. The molecule has 2 nitrogen and oxygen atoms in total. The van der Waals surface area contributed by atoms with Gasteiger partial charge in [0.15, 0.2) is 0 Å². The Morgan fingerprint density at radius 2 is 1.89 bits per heavy atom. The van der Waals surface area contributed by atoms with Crippen molar-refractivity contribution in [3.8, 4) is 11.1 Å². The minimum Gasteiger partial charge on any atom is -0.383 e. The maximum atomic E-state index is 6.08. The quantitative estimate of drug-likeness (QED) is 0.762. The van der Waals surface area contributed by atoms with E-state index in [1.54, 1.807) is 7.11 Å². The first-order chi connectivity index (χ1) is 8.79. The van der Waals surface area contributed by atoms with E-state index in [0.717, 1.165) is 12.0 Å². The lowest BCUT2D eigenvalue weighted by atomic mass is 10.0. The highest BCUT2D eigenvalue weighted by Gasteiger charge is 2.18. The summed E-state index contributed by atoms with van der Waals surface area (Å²) in [5, 5.41) is 0. The van der Waals surface area contributed by atoms with Crippen LogP contribution in [0.25, 0.3) is 11.1 Å². The van der Waals surface area contributed by atoms with Crippen LogP contribution in [0.4, 0.5) is 0 Å². The smallest absolute Gasteiger partial charge is 0.0655 e. The molecule has 0 bridgehead atoms. The minimum atomic E-state index is -0.0380. The van der Waals surface area contributed by atoms with Crippen LogP contribution >= 0.6 is 0 Å². The van der Waals surface area contributed by atoms with E-state index in [2.05, 4.69) is 42.5 Å². The molecule has 0 aromatic heterocycles. The molecule has 92 valence electrons. The topological polar surface area (TPSA) is 35.2 Å². The number of methoxy groups -OCH3 is 1. The Labute approximate surface area is 107 Å². The Hall–Kier alpha value is -1.64. The van der Waals surface area contributed by atoms with Crippen LogP contribution in [0, 0.1) is 0 Å². The largest absolute Gasteiger partial charge is 0.383 e. The van der Waals surface area contributed by atoms with Crippen molar-refractivity contribution in [2.24, 2.45) is 5.73 Å². The summed E-state index contributed by atoms with van der Waals surface area (Å²) in [7, 11) is 1.68. The Bertz CT molecular complexity index is 577. The molecule has 3 rings (SSSR count). The fourth-order valence-electron chi connectivity index (χ4n) is 2.67. The molecule has 2 N–H and O–H groups in total. The van der Waals surface area contributed by atoms with Gasteiger partial charge in [-0.2, -0.15) is 0 Å². The highest BCUT2D eigenvalue weighted by atomic mass is 16.5. The van der Waals surface area contributed by atoms with Crippen molar-refractivity contribution in [3.05, 3.63) is 59.2 Å². The Morgan fingerprint density at radius 3 is 2.72 bits per heavy atom. The predicted molar refractivity (Wildman–Crippen MR) is 73.5 cm³/mol. The van der Waals surface area contributed by atoms with Gasteiger partial charge in [0.2, 0.25) is 0 Å². The van der Waals surface area contributed by atoms with Gasteiger partial charge in [-0.1, -0.05) is 42.5 Å². The van der Waals surface area contributed by atoms with Crippen LogP contribution in [-0.4, -0.2) is 13.7 Å². The van der Waals surface area contributed by atoms with E-state index in [9.17, 15) is 0 Å². The van der Waals surface area contributed by atoms with Gasteiger partial charge in [0.1, 0.15) is 0 Å². The molecule has 0 fully saturated rings. The van der Waals surface area contributed by atoms with Crippen molar-refractivity contribution >= 4 is 0 Å². The summed E-state index contributed by atoms with van der Waals surface area (Å²) >= 11 is 0. The van der Waals surface area contributed by atoms with Crippen LogP contribution in [0.3, 0.4) is 0 Å². The van der Waals surface area contributed by atoms with E-state index in [-0.39, 0.29) is 6.04 Å². The van der Waals surface area contributed by atoms with E-state index < -0.39 is 0 Å². The van der Waals surface area contributed by atoms with Crippen LogP contribution in [0.15, 0.2) is 42.5 Å². The maximum Gasteiger partial charge on any atom is 0.0655 e. The first-order valence-corrected chi connectivity index (χ1v) is 6.25. The monoisotopic (exact) mass is 239 g/mol. The van der Waals surface area contributed by atoms with Gasteiger partial charge in [-0.05, 0) is 34.2 Å². The molecule has 0 spiro atoms. The van der Waals surface area contributed by atoms with Gasteiger partial charge in [0.05, 0.1) is 12.6 Å². The molecule has 18 heavy (non-hydrogen) atoms. The molecule has 1 unspecified atom stereocenters. The van der Waals surface area contributed by atoms with Gasteiger partial charge in [0.25, 0.3) is 0 Å². The number of hydrogen-bond donors (Lipinski definition) is 1. The summed E-state index contributed by atoms with van der Waals surface area (Å²) in [5.41, 5.74) is 12.7. The summed E-state index contributed by atoms with van der Waals surface area (Å²) in [4.78, 5) is 0. The lowest BCUT2D eigenvalue weighted by Crippen LogP contribution is -2.16. The van der Waals surface area contributed by atoms with Crippen molar-refractivity contribution in [1.82, 2.24) is 0 Å². The SMILES string of the molecule is COCC(N)c1ccc2c(c1)Cc1ccccc1-2. The second kappa shape index (κ2) is 4.56. The van der Waals surface area contributed by atoms with E-state index >= 15 is 0 Å². The lowest BCUT2D eigenvalue weighted by Gasteiger charge is -2.12. The average molecular weight is 239 g/mol. The third-order valence-corrected chi connectivity index (χ3v) is 3.59. The van der Waals surface area contributed by atoms with Gasteiger partial charge in [-0.15, -0.1) is 0 Å². The van der Waals surface area contributed by atoms with E-state index in [0.29, 0.717) is 6.61 Å². The molecule has 1 aliphatic rings. The molecule has 0 amide bonds. The molecule has 0 radical (unpaired) electrons. The molecule has 0 aliphatic heterocycles. The second-order valence-corrected chi connectivity index (χ2v) is 4.81. The zero-order chi connectivity index (χ0) is 12.5. The van der Waals surface area contributed by atoms with Crippen LogP contribution in [-0.2, 0) is 11.2 Å². The van der Waals surface area contributed by atoms with Crippen molar-refractivity contribution in [2.75, 3.05) is 13.7 Å². The molecule has 0 heterocycles. The van der Waals surface area contributed by atoms with E-state index in [4.69, 9.17) is 10.5 Å². The van der Waals surface area contributed by atoms with Gasteiger partial charge in [-0.3, -0.25) is 0 Å². The summed E-state index contributed by atoms with van der Waals surface area (Å²) in [6.07, 6.45) is 1.01. The van der Waals surface area contributed by atoms with Gasteiger partial charge >= 0.3 is 0 Å². The molecular weight excluding hydrogens is 222 g/mol. The molecule has 0 saturated heterocycles. The molecule has 2 aromatic carbocycles. The lowest BCUT2D eigenvalue weighted by molar-refractivity contribution is 0.181. The normalized spacial score (nSPS) is 14.1. The predicted octanol–water partition coefficient (Wildman–Crippen LogP) is 2.90. The zero-order valence-electron chi connectivity index (χ0n) is 10.5. The van der Waals surface area contributed by atoms with Gasteiger partial charge < -0.3 is 10.5 Å². The highest BCUT2D eigenvalue weighted by molar-refractivity contribution is 5.76. The molecule has 1 aliphatic carbocycles. The Balaban J connectivity index is 1.98. The van der Waals surface area contributed by atoms with Crippen LogP contribution < -0.4 is 5.73 Å². The molecular formula is C16H17NO. The number of ether oxygens (including phenoxy) is 1. The summed E-state index contributed by atoms with van der Waals surface area (Å²) in [6.45, 7) is 0.561. The molecule has 2 aromatic rings. The van der Waals surface area contributed by atoms with Crippen molar-refractivity contribution in [3.63, 3.8) is 0 Å². The third-order valence-electron chi connectivity index (χ3n) is 3.59. The Morgan fingerprint density at radius 1 is 1.11 bits per heavy atom. The number of hydrogen-bond acceptors (Lipinski definition) is 2. The number of rotatable bonds is 3. The van der Waals surface area contributed by atoms with E-state index in [1.165, 1.54) is 22.3 Å². The van der Waals surface area contributed by atoms with Crippen molar-refractivity contribution in [2.45, 2.75) is 12.5 Å². The fraction of sp³-hybridized carbons (Fsp3) is 0.250. The first kappa shape index (κ1) is 11.5. The summed E-state index contributed by atoms with van der Waals surface area (Å²) in [5.74, 6) is 0.